The minimum Gasteiger partial charge on any atom is -0.493 e. The predicted octanol–water partition coefficient (Wildman–Crippen LogP) is 5.96. The van der Waals surface area contributed by atoms with E-state index >= 15 is 0 Å². The molecule has 2 aliphatic heterocycles. The lowest BCUT2D eigenvalue weighted by atomic mass is 9.79. The first-order valence-corrected chi connectivity index (χ1v) is 13.7. The standard InChI is InChI=1S/C32H39N3O4/c1-21-11-13-33-26(15-21)25-19-35-14-12-23-16-30(38-20-22-9-7-6-8-10-22)29(37-5)17-24(23)28(35)18-27(25)34-31(36)39-32(2,3)4/h6-11,13,15-17,25,27-28H,12,14,18-20H2,1-5H3,(H,34,36)/t25-,27+,28+/m0/s1. The van der Waals surface area contributed by atoms with Gasteiger partial charge in [-0.2, -0.15) is 0 Å². The van der Waals surface area contributed by atoms with Crippen LogP contribution in [-0.2, 0) is 17.8 Å². The number of benzene rings is 2. The van der Waals surface area contributed by atoms with Gasteiger partial charge in [-0.25, -0.2) is 4.79 Å². The third kappa shape index (κ3) is 6.36. The number of carbonyl (C=O) groups is 1. The zero-order chi connectivity index (χ0) is 27.6. The maximum Gasteiger partial charge on any atom is 0.407 e. The second-order valence-electron chi connectivity index (χ2n) is 11.6. The summed E-state index contributed by atoms with van der Waals surface area (Å²) in [5, 5.41) is 3.20. The quantitative estimate of drug-likeness (QED) is 0.425. The highest BCUT2D eigenvalue weighted by Crippen LogP contribution is 2.44. The Balaban J connectivity index is 1.42. The number of ether oxygens (including phenoxy) is 3. The Kier molecular flexibility index (Phi) is 7.80. The van der Waals surface area contributed by atoms with E-state index in [-0.39, 0.29) is 18.0 Å². The highest BCUT2D eigenvalue weighted by molar-refractivity contribution is 5.68. The van der Waals surface area contributed by atoms with Crippen molar-refractivity contribution in [1.82, 2.24) is 15.2 Å². The first-order valence-electron chi connectivity index (χ1n) is 13.7. The Morgan fingerprint density at radius 2 is 1.90 bits per heavy atom. The minimum absolute atomic E-state index is 0.0607. The zero-order valence-corrected chi connectivity index (χ0v) is 23.6. The number of nitrogens with zero attached hydrogens (tertiary/aromatic N) is 2. The molecule has 7 nitrogen and oxygen atoms in total. The fourth-order valence-electron chi connectivity index (χ4n) is 5.73. The van der Waals surface area contributed by atoms with Gasteiger partial charge in [-0.1, -0.05) is 30.3 Å². The lowest BCUT2D eigenvalue weighted by Crippen LogP contribution is -2.53. The van der Waals surface area contributed by atoms with Gasteiger partial charge >= 0.3 is 6.09 Å². The zero-order valence-electron chi connectivity index (χ0n) is 23.6. The van der Waals surface area contributed by atoms with Crippen molar-refractivity contribution in [2.24, 2.45) is 0 Å². The Morgan fingerprint density at radius 1 is 1.10 bits per heavy atom. The fraction of sp³-hybridized carbons (Fsp3) is 0.438. The van der Waals surface area contributed by atoms with Crippen LogP contribution in [0.3, 0.4) is 0 Å². The van der Waals surface area contributed by atoms with Gasteiger partial charge in [-0.15, -0.1) is 0 Å². The molecule has 3 atom stereocenters. The van der Waals surface area contributed by atoms with E-state index in [2.05, 4.69) is 47.5 Å². The Bertz CT molecular complexity index is 1300. The minimum atomic E-state index is -0.567. The molecule has 1 amide bonds. The molecule has 0 bridgehead atoms. The van der Waals surface area contributed by atoms with Crippen LogP contribution in [0.5, 0.6) is 11.5 Å². The molecule has 0 radical (unpaired) electrons. The number of alkyl carbamates (subject to hydrolysis) is 1. The van der Waals surface area contributed by atoms with Crippen molar-refractivity contribution in [3.8, 4) is 11.5 Å². The van der Waals surface area contributed by atoms with Gasteiger partial charge in [-0.05, 0) is 87.1 Å². The number of hydrogen-bond acceptors (Lipinski definition) is 6. The highest BCUT2D eigenvalue weighted by atomic mass is 16.6. The first-order chi connectivity index (χ1) is 18.7. The number of aromatic nitrogens is 1. The molecule has 1 aromatic heterocycles. The molecule has 39 heavy (non-hydrogen) atoms. The van der Waals surface area contributed by atoms with Crippen LogP contribution < -0.4 is 14.8 Å². The van der Waals surface area contributed by atoms with Gasteiger partial charge in [-0.3, -0.25) is 9.88 Å². The van der Waals surface area contributed by atoms with Crippen molar-refractivity contribution < 1.29 is 19.0 Å². The second kappa shape index (κ2) is 11.3. The van der Waals surface area contributed by atoms with Gasteiger partial charge in [0.1, 0.15) is 12.2 Å². The van der Waals surface area contributed by atoms with Crippen LogP contribution in [0.2, 0.25) is 0 Å². The molecule has 1 saturated heterocycles. The van der Waals surface area contributed by atoms with Crippen LogP contribution in [0.15, 0.2) is 60.8 Å². The van der Waals surface area contributed by atoms with Crippen molar-refractivity contribution in [2.45, 2.75) is 70.7 Å². The summed E-state index contributed by atoms with van der Waals surface area (Å²) in [4.78, 5) is 20.1. The Hall–Kier alpha value is -3.58. The SMILES string of the molecule is COc1cc2c(cc1OCc1ccccc1)CCN1C[C@@H](c3cc(C)ccn3)[C@H](NC(=O)OC(C)(C)C)C[C@H]21. The smallest absolute Gasteiger partial charge is 0.407 e. The number of nitrogens with one attached hydrogen (secondary N) is 1. The molecule has 1 fully saturated rings. The molecule has 7 heteroatoms. The Labute approximate surface area is 231 Å². The topological polar surface area (TPSA) is 72.9 Å². The number of rotatable bonds is 6. The number of pyridine rings is 1. The van der Waals surface area contributed by atoms with Gasteiger partial charge < -0.3 is 19.5 Å². The van der Waals surface area contributed by atoms with Crippen LogP contribution in [0.4, 0.5) is 4.79 Å². The van der Waals surface area contributed by atoms with Crippen LogP contribution in [0, 0.1) is 6.92 Å². The first kappa shape index (κ1) is 27.0. The molecule has 0 aliphatic carbocycles. The number of carbonyl (C=O) groups excluding carboxylic acids is 1. The van der Waals surface area contributed by atoms with E-state index in [4.69, 9.17) is 19.2 Å². The fourth-order valence-corrected chi connectivity index (χ4v) is 5.73. The summed E-state index contributed by atoms with van der Waals surface area (Å²) in [6.45, 7) is 9.95. The summed E-state index contributed by atoms with van der Waals surface area (Å²) in [6.07, 6.45) is 3.14. The molecule has 1 N–H and O–H groups in total. The predicted molar refractivity (Wildman–Crippen MR) is 151 cm³/mol. The number of amides is 1. The summed E-state index contributed by atoms with van der Waals surface area (Å²) in [5.41, 5.74) is 5.21. The van der Waals surface area contributed by atoms with Gasteiger partial charge in [0.2, 0.25) is 0 Å². The highest BCUT2D eigenvalue weighted by Gasteiger charge is 2.41. The van der Waals surface area contributed by atoms with Gasteiger partial charge in [0.15, 0.2) is 11.5 Å². The van der Waals surface area contributed by atoms with E-state index in [0.717, 1.165) is 54.3 Å². The summed E-state index contributed by atoms with van der Waals surface area (Å²) in [5.74, 6) is 1.55. The maximum absolute atomic E-state index is 12.9. The lowest BCUT2D eigenvalue weighted by Gasteiger charge is -2.47. The van der Waals surface area contributed by atoms with Gasteiger partial charge in [0, 0.05) is 43.0 Å². The van der Waals surface area contributed by atoms with Crippen LogP contribution in [0.1, 0.15) is 67.1 Å². The molecule has 3 heterocycles. The van der Waals surface area contributed by atoms with E-state index < -0.39 is 11.7 Å². The van der Waals surface area contributed by atoms with E-state index in [1.165, 1.54) is 11.1 Å². The number of aryl methyl sites for hydroxylation is 1. The third-order valence-electron chi connectivity index (χ3n) is 7.54. The van der Waals surface area contributed by atoms with Crippen molar-refractivity contribution in [2.75, 3.05) is 20.2 Å². The number of methoxy groups -OCH3 is 1. The number of fused-ring (bicyclic) bond motifs is 3. The monoisotopic (exact) mass is 529 g/mol. The van der Waals surface area contributed by atoms with Crippen molar-refractivity contribution in [1.29, 1.82) is 0 Å². The van der Waals surface area contributed by atoms with Crippen LogP contribution >= 0.6 is 0 Å². The normalized spacial score (nSPS) is 20.9. The molecule has 3 aromatic rings. The van der Waals surface area contributed by atoms with E-state index in [1.807, 2.05) is 51.2 Å². The summed E-state index contributed by atoms with van der Waals surface area (Å²) < 4.78 is 17.6. The maximum atomic E-state index is 12.9. The largest absolute Gasteiger partial charge is 0.493 e. The van der Waals surface area contributed by atoms with E-state index in [1.54, 1.807) is 7.11 Å². The molecule has 2 aliphatic rings. The molecular weight excluding hydrogens is 490 g/mol. The van der Waals surface area contributed by atoms with Crippen molar-refractivity contribution in [3.05, 3.63) is 88.7 Å². The number of hydrogen-bond donors (Lipinski definition) is 1. The third-order valence-corrected chi connectivity index (χ3v) is 7.54. The Morgan fingerprint density at radius 3 is 2.62 bits per heavy atom. The van der Waals surface area contributed by atoms with Gasteiger partial charge in [0.25, 0.3) is 0 Å². The molecule has 206 valence electrons. The van der Waals surface area contributed by atoms with Gasteiger partial charge in [0.05, 0.1) is 7.11 Å². The van der Waals surface area contributed by atoms with E-state index in [0.29, 0.717) is 6.61 Å². The second-order valence-corrected chi connectivity index (χ2v) is 11.6. The molecule has 5 rings (SSSR count). The summed E-state index contributed by atoms with van der Waals surface area (Å²) in [6, 6.07) is 18.6. The number of piperidine rings is 1. The molecule has 0 saturated carbocycles. The van der Waals surface area contributed by atoms with Crippen LogP contribution in [-0.4, -0.2) is 47.8 Å². The summed E-state index contributed by atoms with van der Waals surface area (Å²) >= 11 is 0. The van der Waals surface area contributed by atoms with Crippen molar-refractivity contribution in [3.63, 3.8) is 0 Å². The molecule has 2 aromatic carbocycles. The average molecular weight is 530 g/mol. The van der Waals surface area contributed by atoms with Crippen LogP contribution in [0.25, 0.3) is 0 Å². The van der Waals surface area contributed by atoms with E-state index in [9.17, 15) is 4.79 Å². The van der Waals surface area contributed by atoms with Crippen molar-refractivity contribution >= 4 is 6.09 Å². The lowest BCUT2D eigenvalue weighted by molar-refractivity contribution is 0.0411. The molecule has 0 unspecified atom stereocenters. The summed E-state index contributed by atoms with van der Waals surface area (Å²) in [7, 11) is 1.69. The molecular formula is C32H39N3O4. The molecule has 0 spiro atoms. The average Bonchev–Trinajstić information content (AvgIpc) is 2.90.